The Kier molecular flexibility index (Phi) is 12.2. The number of unbranched alkanes of at least 4 members (excludes halogenated alkanes) is 5. The molecule has 0 radical (unpaired) electrons. The zero-order valence-electron chi connectivity index (χ0n) is 24.8. The number of hydrogen-bond donors (Lipinski definition) is 0. The van der Waals surface area contributed by atoms with E-state index in [1.54, 1.807) is 12.1 Å². The van der Waals surface area contributed by atoms with Gasteiger partial charge in [-0.3, -0.25) is 9.59 Å². The zero-order valence-corrected chi connectivity index (χ0v) is 25.5. The number of ketones is 1. The maximum absolute atomic E-state index is 13.2. The van der Waals surface area contributed by atoms with Crippen LogP contribution in [0.5, 0.6) is 0 Å². The van der Waals surface area contributed by atoms with E-state index < -0.39 is 5.60 Å². The molecular weight excluding hydrogens is 549 g/mol. The minimum absolute atomic E-state index is 0.0331. The quantitative estimate of drug-likeness (QED) is 0.100. The molecule has 3 aromatic rings. The first kappa shape index (κ1) is 31.9. The molecule has 4 nitrogen and oxygen atoms in total. The third-order valence-electron chi connectivity index (χ3n) is 8.34. The predicted octanol–water partition coefficient (Wildman–Crippen LogP) is 9.39. The van der Waals surface area contributed by atoms with E-state index in [0.717, 1.165) is 62.0 Å². The Morgan fingerprint density at radius 2 is 1.38 bits per heavy atom. The average molecular weight is 592 g/mol. The van der Waals surface area contributed by atoms with Gasteiger partial charge in [-0.05, 0) is 72.5 Å². The molecule has 1 aliphatic rings. The van der Waals surface area contributed by atoms with E-state index >= 15 is 0 Å². The van der Waals surface area contributed by atoms with Crippen LogP contribution in [-0.4, -0.2) is 36.3 Å². The Morgan fingerprint density at radius 1 is 0.786 bits per heavy atom. The van der Waals surface area contributed by atoms with Gasteiger partial charge in [0.05, 0.1) is 0 Å². The molecule has 6 heteroatoms. The lowest BCUT2D eigenvalue weighted by Crippen LogP contribution is -2.45. The van der Waals surface area contributed by atoms with Crippen molar-refractivity contribution in [3.05, 3.63) is 94.8 Å². The van der Waals surface area contributed by atoms with Crippen molar-refractivity contribution in [2.45, 2.75) is 83.2 Å². The van der Waals surface area contributed by atoms with Crippen molar-refractivity contribution in [1.29, 1.82) is 0 Å². The van der Waals surface area contributed by atoms with Gasteiger partial charge < -0.3 is 9.64 Å². The average Bonchev–Trinajstić information content (AvgIpc) is 3.00. The lowest BCUT2D eigenvalue weighted by atomic mass is 9.83. The van der Waals surface area contributed by atoms with Crippen molar-refractivity contribution in [3.8, 4) is 11.1 Å². The number of ether oxygens (including phenoxy) is 1. The number of piperidine rings is 1. The first-order valence-corrected chi connectivity index (χ1v) is 15.9. The largest absolute Gasteiger partial charge is 0.454 e. The Bertz CT molecular complexity index is 1270. The Balaban J connectivity index is 1.37. The van der Waals surface area contributed by atoms with Crippen molar-refractivity contribution < 1.29 is 18.7 Å². The first-order valence-electron chi connectivity index (χ1n) is 15.5. The predicted molar refractivity (Wildman–Crippen MR) is 168 cm³/mol. The van der Waals surface area contributed by atoms with Crippen LogP contribution < -0.4 is 0 Å². The number of hydrogen-bond acceptors (Lipinski definition) is 4. The molecule has 0 N–H and O–H groups in total. The van der Waals surface area contributed by atoms with Crippen LogP contribution in [0.1, 0.15) is 93.5 Å². The van der Waals surface area contributed by atoms with Gasteiger partial charge in [0.25, 0.3) is 0 Å². The molecule has 0 unspecified atom stereocenters. The second-order valence-corrected chi connectivity index (χ2v) is 11.9. The molecular formula is C36H43ClFNO3. The van der Waals surface area contributed by atoms with Crippen molar-refractivity contribution >= 4 is 23.4 Å². The Hall–Kier alpha value is -3.02. The summed E-state index contributed by atoms with van der Waals surface area (Å²) in [4.78, 5) is 27.9. The van der Waals surface area contributed by atoms with Crippen LogP contribution in [0.15, 0.2) is 72.8 Å². The maximum atomic E-state index is 13.2. The summed E-state index contributed by atoms with van der Waals surface area (Å²) < 4.78 is 19.5. The Labute approximate surface area is 255 Å². The summed E-state index contributed by atoms with van der Waals surface area (Å²) >= 11 is 6.07. The third kappa shape index (κ3) is 9.24. The fourth-order valence-electron chi connectivity index (χ4n) is 5.76. The fourth-order valence-corrected chi connectivity index (χ4v) is 5.88. The van der Waals surface area contributed by atoms with Crippen LogP contribution in [0, 0.1) is 5.82 Å². The second-order valence-electron chi connectivity index (χ2n) is 11.4. The van der Waals surface area contributed by atoms with E-state index in [0.29, 0.717) is 36.3 Å². The van der Waals surface area contributed by atoms with Gasteiger partial charge in [-0.1, -0.05) is 87.0 Å². The molecule has 0 spiro atoms. The van der Waals surface area contributed by atoms with Crippen molar-refractivity contribution in [1.82, 2.24) is 4.90 Å². The highest BCUT2D eigenvalue weighted by Gasteiger charge is 2.39. The number of carbonyl (C=O) groups excluding carboxylic acids is 2. The van der Waals surface area contributed by atoms with E-state index in [2.05, 4.69) is 36.1 Å². The van der Waals surface area contributed by atoms with Crippen molar-refractivity contribution in [2.24, 2.45) is 0 Å². The minimum Gasteiger partial charge on any atom is -0.454 e. The topological polar surface area (TPSA) is 46.6 Å². The summed E-state index contributed by atoms with van der Waals surface area (Å²) in [6.45, 7) is 4.57. The van der Waals surface area contributed by atoms with E-state index in [4.69, 9.17) is 16.3 Å². The molecule has 3 aromatic carbocycles. The molecule has 224 valence electrons. The molecule has 0 aromatic heterocycles. The maximum Gasteiger partial charge on any atom is 0.306 e. The summed E-state index contributed by atoms with van der Waals surface area (Å²) in [6.07, 6.45) is 9.79. The SMILES string of the molecule is CCCCCCCCC(=O)OC1(c2ccc(-c3ccc(Cl)cc3)cc2)CCN(CCCC(=O)c2ccc(F)cc2)CC1. The van der Waals surface area contributed by atoms with Crippen LogP contribution in [0.4, 0.5) is 4.39 Å². The number of likely N-dealkylation sites (tertiary alicyclic amines) is 1. The molecule has 0 amide bonds. The van der Waals surface area contributed by atoms with E-state index in [-0.39, 0.29) is 17.6 Å². The van der Waals surface area contributed by atoms with E-state index in [1.165, 1.54) is 31.4 Å². The van der Waals surface area contributed by atoms with Crippen molar-refractivity contribution in [3.63, 3.8) is 0 Å². The highest BCUT2D eigenvalue weighted by atomic mass is 35.5. The lowest BCUT2D eigenvalue weighted by Gasteiger charge is -2.41. The van der Waals surface area contributed by atoms with Crippen LogP contribution in [0.25, 0.3) is 11.1 Å². The van der Waals surface area contributed by atoms with Gasteiger partial charge in [0.1, 0.15) is 11.4 Å². The molecule has 1 aliphatic heterocycles. The number of nitrogens with zero attached hydrogens (tertiary/aromatic N) is 1. The zero-order chi connectivity index (χ0) is 29.8. The number of rotatable bonds is 15. The summed E-state index contributed by atoms with van der Waals surface area (Å²) in [5, 5.41) is 0.707. The molecule has 0 atom stereocenters. The van der Waals surface area contributed by atoms with E-state index in [9.17, 15) is 14.0 Å². The highest BCUT2D eigenvalue weighted by molar-refractivity contribution is 6.30. The third-order valence-corrected chi connectivity index (χ3v) is 8.59. The fraction of sp³-hybridized carbons (Fsp3) is 0.444. The number of Topliss-reactive ketones (excluding diaryl/α,β-unsaturated/α-hetero) is 1. The number of halogens is 2. The Morgan fingerprint density at radius 3 is 2.02 bits per heavy atom. The number of carbonyl (C=O) groups is 2. The summed E-state index contributed by atoms with van der Waals surface area (Å²) in [5.41, 5.74) is 3.10. The monoisotopic (exact) mass is 591 g/mol. The minimum atomic E-state index is -0.655. The van der Waals surface area contributed by atoms with Gasteiger partial charge in [0.2, 0.25) is 0 Å². The van der Waals surface area contributed by atoms with Crippen molar-refractivity contribution in [2.75, 3.05) is 19.6 Å². The van der Waals surface area contributed by atoms with Gasteiger partial charge in [-0.15, -0.1) is 0 Å². The van der Waals surface area contributed by atoms with Gasteiger partial charge in [-0.2, -0.15) is 0 Å². The van der Waals surface area contributed by atoms with E-state index in [1.807, 2.05) is 24.3 Å². The smallest absolute Gasteiger partial charge is 0.306 e. The molecule has 1 heterocycles. The normalized spacial score (nSPS) is 14.9. The molecule has 0 saturated carbocycles. The number of benzene rings is 3. The number of esters is 1. The summed E-state index contributed by atoms with van der Waals surface area (Å²) in [5.74, 6) is -0.424. The lowest BCUT2D eigenvalue weighted by molar-refractivity contribution is -0.167. The van der Waals surface area contributed by atoms with Crippen LogP contribution in [-0.2, 0) is 15.1 Å². The van der Waals surface area contributed by atoms with Crippen LogP contribution >= 0.6 is 11.6 Å². The second kappa shape index (κ2) is 16.0. The molecule has 0 aliphatic carbocycles. The molecule has 0 bridgehead atoms. The van der Waals surface area contributed by atoms with Gasteiger partial charge in [0.15, 0.2) is 5.78 Å². The van der Waals surface area contributed by atoms with Crippen LogP contribution in [0.3, 0.4) is 0 Å². The van der Waals surface area contributed by atoms with Gasteiger partial charge >= 0.3 is 5.97 Å². The van der Waals surface area contributed by atoms with Gasteiger partial charge in [0, 0.05) is 49.4 Å². The molecule has 1 fully saturated rings. The first-order chi connectivity index (χ1) is 20.4. The standard InChI is InChI=1S/C36H43ClFNO3/c1-2-3-4-5-6-7-10-35(41)42-36(31-17-11-28(12-18-31)29-13-19-32(37)20-14-29)23-26-39(27-24-36)25-8-9-34(40)30-15-21-33(38)22-16-30/h11-22H,2-10,23-27H2,1H3. The molecule has 42 heavy (non-hydrogen) atoms. The molecule has 1 saturated heterocycles. The highest BCUT2D eigenvalue weighted by Crippen LogP contribution is 2.38. The summed E-state index contributed by atoms with van der Waals surface area (Å²) in [7, 11) is 0. The molecule has 4 rings (SSSR count). The van der Waals surface area contributed by atoms with Crippen LogP contribution in [0.2, 0.25) is 5.02 Å². The van der Waals surface area contributed by atoms with Gasteiger partial charge in [-0.25, -0.2) is 4.39 Å². The summed E-state index contributed by atoms with van der Waals surface area (Å²) in [6, 6.07) is 21.9.